The molecular formula is C11H8ClN3O. The minimum absolute atomic E-state index is 0.0146. The number of aryl methyl sites for hydroxylation is 1. The molecule has 2 aromatic heterocycles. The standard InChI is InChI=1S/C11H8ClN3O/c1-15-8-3-2-6-4-7(12)5-13-9(6)10(8)14-11(15)16/h2-5H,1H3,(H,14,16). The molecule has 0 saturated carbocycles. The number of pyridine rings is 1. The minimum Gasteiger partial charge on any atom is -0.480 e. The molecule has 0 radical (unpaired) electrons. The summed E-state index contributed by atoms with van der Waals surface area (Å²) in [5.41, 5.74) is 2.28. The third-order valence-corrected chi connectivity index (χ3v) is 2.85. The Morgan fingerprint density at radius 3 is 2.94 bits per heavy atom. The highest BCUT2D eigenvalue weighted by atomic mass is 35.5. The fourth-order valence-electron chi connectivity index (χ4n) is 1.81. The monoisotopic (exact) mass is 233 g/mol. The van der Waals surface area contributed by atoms with E-state index in [0.717, 1.165) is 16.4 Å². The largest absolute Gasteiger partial charge is 0.480 e. The predicted molar refractivity (Wildman–Crippen MR) is 62.7 cm³/mol. The van der Waals surface area contributed by atoms with Crippen molar-refractivity contribution in [2.75, 3.05) is 0 Å². The highest BCUT2D eigenvalue weighted by Crippen LogP contribution is 2.27. The summed E-state index contributed by atoms with van der Waals surface area (Å²) in [5, 5.41) is 11.1. The van der Waals surface area contributed by atoms with Gasteiger partial charge < -0.3 is 5.11 Å². The third-order valence-electron chi connectivity index (χ3n) is 2.64. The highest BCUT2D eigenvalue weighted by Gasteiger charge is 2.10. The Kier molecular flexibility index (Phi) is 1.82. The first kappa shape index (κ1) is 9.42. The second kappa shape index (κ2) is 3.09. The summed E-state index contributed by atoms with van der Waals surface area (Å²) in [5.74, 6) is 0. The number of hydrogen-bond acceptors (Lipinski definition) is 3. The first-order valence-electron chi connectivity index (χ1n) is 4.76. The lowest BCUT2D eigenvalue weighted by atomic mass is 10.2. The smallest absolute Gasteiger partial charge is 0.294 e. The molecular weight excluding hydrogens is 226 g/mol. The van der Waals surface area contributed by atoms with Crippen LogP contribution in [0, 0.1) is 0 Å². The Morgan fingerprint density at radius 2 is 2.12 bits per heavy atom. The molecule has 2 heterocycles. The molecule has 0 fully saturated rings. The predicted octanol–water partition coefficient (Wildman–Crippen LogP) is 2.48. The zero-order valence-electron chi connectivity index (χ0n) is 8.48. The molecule has 5 heteroatoms. The van der Waals surface area contributed by atoms with Crippen molar-refractivity contribution >= 4 is 33.5 Å². The van der Waals surface area contributed by atoms with E-state index in [-0.39, 0.29) is 6.01 Å². The van der Waals surface area contributed by atoms with Gasteiger partial charge in [-0.2, -0.15) is 4.98 Å². The van der Waals surface area contributed by atoms with E-state index in [4.69, 9.17) is 11.6 Å². The Hall–Kier alpha value is -1.81. The number of hydrogen-bond donors (Lipinski definition) is 1. The topological polar surface area (TPSA) is 50.9 Å². The number of aromatic hydroxyl groups is 1. The van der Waals surface area contributed by atoms with Crippen LogP contribution in [0.15, 0.2) is 24.4 Å². The first-order valence-corrected chi connectivity index (χ1v) is 5.14. The summed E-state index contributed by atoms with van der Waals surface area (Å²) >= 11 is 5.87. The van der Waals surface area contributed by atoms with Crippen LogP contribution in [-0.4, -0.2) is 19.6 Å². The number of fused-ring (bicyclic) bond motifs is 3. The Bertz CT molecular complexity index is 705. The number of halogens is 1. The molecule has 0 bridgehead atoms. The van der Waals surface area contributed by atoms with Gasteiger partial charge in [-0.1, -0.05) is 17.7 Å². The van der Waals surface area contributed by atoms with Crippen molar-refractivity contribution in [3.63, 3.8) is 0 Å². The van der Waals surface area contributed by atoms with Gasteiger partial charge in [0.25, 0.3) is 6.01 Å². The second-order valence-electron chi connectivity index (χ2n) is 3.63. The van der Waals surface area contributed by atoms with Crippen molar-refractivity contribution in [2.45, 2.75) is 0 Å². The van der Waals surface area contributed by atoms with Gasteiger partial charge in [0.15, 0.2) is 0 Å². The number of rotatable bonds is 0. The molecule has 0 aliphatic heterocycles. The molecule has 4 nitrogen and oxygen atoms in total. The van der Waals surface area contributed by atoms with Gasteiger partial charge >= 0.3 is 0 Å². The van der Waals surface area contributed by atoms with Gasteiger partial charge in [0.2, 0.25) is 0 Å². The van der Waals surface area contributed by atoms with Gasteiger partial charge in [0, 0.05) is 18.6 Å². The molecule has 0 unspecified atom stereocenters. The van der Waals surface area contributed by atoms with Crippen LogP contribution >= 0.6 is 11.6 Å². The van der Waals surface area contributed by atoms with Crippen LogP contribution in [0.1, 0.15) is 0 Å². The fourth-order valence-corrected chi connectivity index (χ4v) is 1.98. The molecule has 80 valence electrons. The van der Waals surface area contributed by atoms with Gasteiger partial charge in [-0.3, -0.25) is 9.55 Å². The minimum atomic E-state index is -0.0146. The number of benzene rings is 1. The fraction of sp³-hybridized carbons (Fsp3) is 0.0909. The lowest BCUT2D eigenvalue weighted by molar-refractivity contribution is 0.415. The van der Waals surface area contributed by atoms with Crippen LogP contribution in [0.5, 0.6) is 6.01 Å². The van der Waals surface area contributed by atoms with Crippen LogP contribution in [-0.2, 0) is 7.05 Å². The average Bonchev–Trinajstić information content (AvgIpc) is 2.55. The van der Waals surface area contributed by atoms with Crippen molar-refractivity contribution in [3.05, 3.63) is 29.4 Å². The maximum absolute atomic E-state index is 9.56. The van der Waals surface area contributed by atoms with Crippen LogP contribution in [0.2, 0.25) is 5.02 Å². The van der Waals surface area contributed by atoms with Gasteiger partial charge in [0.05, 0.1) is 16.1 Å². The van der Waals surface area contributed by atoms with Crippen molar-refractivity contribution in [1.29, 1.82) is 0 Å². The first-order chi connectivity index (χ1) is 7.66. The second-order valence-corrected chi connectivity index (χ2v) is 4.07. The lowest BCUT2D eigenvalue weighted by Crippen LogP contribution is -1.86. The molecule has 0 saturated heterocycles. The molecule has 0 atom stereocenters. The quantitative estimate of drug-likeness (QED) is 0.649. The summed E-state index contributed by atoms with van der Waals surface area (Å²) in [7, 11) is 1.76. The molecule has 0 spiro atoms. The van der Waals surface area contributed by atoms with Crippen molar-refractivity contribution in [3.8, 4) is 6.01 Å². The maximum atomic E-state index is 9.56. The summed E-state index contributed by atoms with van der Waals surface area (Å²) in [4.78, 5) is 8.33. The third kappa shape index (κ3) is 1.17. The highest BCUT2D eigenvalue weighted by molar-refractivity contribution is 6.31. The Balaban J connectivity index is 2.54. The lowest BCUT2D eigenvalue weighted by Gasteiger charge is -1.99. The zero-order valence-corrected chi connectivity index (χ0v) is 9.23. The SMILES string of the molecule is Cn1c(O)nc2c3ncc(Cl)cc3ccc21. The molecule has 1 N–H and O–H groups in total. The number of aromatic nitrogens is 3. The van der Waals surface area contributed by atoms with Crippen LogP contribution < -0.4 is 0 Å². The van der Waals surface area contributed by atoms with Gasteiger partial charge in [0.1, 0.15) is 5.52 Å². The Labute approximate surface area is 96.1 Å². The summed E-state index contributed by atoms with van der Waals surface area (Å²) in [6, 6.07) is 5.62. The summed E-state index contributed by atoms with van der Waals surface area (Å²) in [6.45, 7) is 0. The molecule has 0 amide bonds. The van der Waals surface area contributed by atoms with E-state index >= 15 is 0 Å². The Morgan fingerprint density at radius 1 is 1.31 bits per heavy atom. The van der Waals surface area contributed by atoms with Crippen molar-refractivity contribution in [1.82, 2.24) is 14.5 Å². The van der Waals surface area contributed by atoms with Gasteiger partial charge in [-0.05, 0) is 12.1 Å². The summed E-state index contributed by atoms with van der Waals surface area (Å²) in [6.07, 6.45) is 1.58. The normalized spacial score (nSPS) is 11.4. The molecule has 16 heavy (non-hydrogen) atoms. The van der Waals surface area contributed by atoms with E-state index in [1.165, 1.54) is 0 Å². The summed E-state index contributed by atoms with van der Waals surface area (Å²) < 4.78 is 1.62. The zero-order chi connectivity index (χ0) is 11.3. The number of imidazole rings is 1. The molecule has 0 aliphatic carbocycles. The molecule has 1 aromatic carbocycles. The van der Waals surface area contributed by atoms with Crippen molar-refractivity contribution < 1.29 is 5.11 Å². The van der Waals surface area contributed by atoms with Crippen LogP contribution in [0.4, 0.5) is 0 Å². The van der Waals surface area contributed by atoms with Crippen LogP contribution in [0.25, 0.3) is 21.9 Å². The van der Waals surface area contributed by atoms with E-state index < -0.39 is 0 Å². The van der Waals surface area contributed by atoms with Gasteiger partial charge in [-0.25, -0.2) is 0 Å². The average molecular weight is 234 g/mol. The molecule has 3 aromatic rings. The molecule has 3 rings (SSSR count). The molecule has 0 aliphatic rings. The van der Waals surface area contributed by atoms with E-state index in [1.807, 2.05) is 18.2 Å². The van der Waals surface area contributed by atoms with E-state index in [2.05, 4.69) is 9.97 Å². The van der Waals surface area contributed by atoms with Crippen molar-refractivity contribution in [2.24, 2.45) is 7.05 Å². The van der Waals surface area contributed by atoms with E-state index in [0.29, 0.717) is 10.5 Å². The maximum Gasteiger partial charge on any atom is 0.294 e. The van der Waals surface area contributed by atoms with E-state index in [1.54, 1.807) is 17.8 Å². The van der Waals surface area contributed by atoms with Gasteiger partial charge in [-0.15, -0.1) is 0 Å². The van der Waals surface area contributed by atoms with Crippen LogP contribution in [0.3, 0.4) is 0 Å². The number of nitrogens with zero attached hydrogens (tertiary/aromatic N) is 3. The van der Waals surface area contributed by atoms with E-state index in [9.17, 15) is 5.11 Å².